The van der Waals surface area contributed by atoms with Crippen molar-refractivity contribution in [2.45, 2.75) is 13.8 Å². The molecule has 0 saturated heterocycles. The van der Waals surface area contributed by atoms with Crippen molar-refractivity contribution in [2.24, 2.45) is 0 Å². The quantitative estimate of drug-likeness (QED) is 0.289. The summed E-state index contributed by atoms with van der Waals surface area (Å²) in [6, 6.07) is 0. The summed E-state index contributed by atoms with van der Waals surface area (Å²) >= 11 is 7.95. The zero-order valence-electron chi connectivity index (χ0n) is 9.50. The SMILES string of the molecule is CCNCC.COC(=S)S.N.O=S(=O)(O)O. The molecule has 0 saturated carbocycles. The summed E-state index contributed by atoms with van der Waals surface area (Å²) in [6.45, 7) is 6.39. The molecule has 0 aliphatic carbocycles. The molecule has 10 heteroatoms. The van der Waals surface area contributed by atoms with Crippen LogP contribution in [0.2, 0.25) is 0 Å². The maximum atomic E-state index is 8.74. The van der Waals surface area contributed by atoms with Gasteiger partial charge in [0.1, 0.15) is 0 Å². The lowest BCUT2D eigenvalue weighted by molar-refractivity contribution is 0.381. The van der Waals surface area contributed by atoms with E-state index in [1.165, 1.54) is 7.11 Å². The van der Waals surface area contributed by atoms with E-state index >= 15 is 0 Å². The first-order chi connectivity index (χ1) is 6.68. The number of thiol groups is 1. The van der Waals surface area contributed by atoms with Crippen molar-refractivity contribution in [3.8, 4) is 0 Å². The molecule has 0 radical (unpaired) electrons. The van der Waals surface area contributed by atoms with Gasteiger partial charge in [0.2, 0.25) is 4.38 Å². The molecule has 0 aromatic rings. The molecule has 16 heavy (non-hydrogen) atoms. The highest BCUT2D eigenvalue weighted by atomic mass is 32.3. The van der Waals surface area contributed by atoms with Gasteiger partial charge in [-0.2, -0.15) is 8.42 Å². The third-order valence-corrected chi connectivity index (χ3v) is 1.02. The molecule has 0 aliphatic heterocycles. The average molecular weight is 296 g/mol. The Balaban J connectivity index is -0.0000000655. The molecule has 0 aromatic carbocycles. The van der Waals surface area contributed by atoms with Crippen LogP contribution >= 0.6 is 24.8 Å². The fraction of sp³-hybridized carbons (Fsp3) is 0.833. The van der Waals surface area contributed by atoms with Gasteiger partial charge in [-0.3, -0.25) is 9.11 Å². The van der Waals surface area contributed by atoms with Crippen molar-refractivity contribution in [2.75, 3.05) is 20.2 Å². The number of hydrogen-bond acceptors (Lipinski definition) is 6. The molecule has 0 atom stereocenters. The minimum Gasteiger partial charge on any atom is -0.482 e. The number of rotatable bonds is 2. The van der Waals surface area contributed by atoms with Gasteiger partial charge in [0.15, 0.2) is 0 Å². The van der Waals surface area contributed by atoms with E-state index in [4.69, 9.17) is 17.5 Å². The van der Waals surface area contributed by atoms with Gasteiger partial charge in [-0.15, -0.1) is 0 Å². The summed E-state index contributed by atoms with van der Waals surface area (Å²) in [5.41, 5.74) is 0. The van der Waals surface area contributed by atoms with Crippen LogP contribution in [0.25, 0.3) is 0 Å². The van der Waals surface area contributed by atoms with E-state index in [2.05, 4.69) is 48.7 Å². The summed E-state index contributed by atoms with van der Waals surface area (Å²) in [5, 5.41) is 3.11. The first-order valence-electron chi connectivity index (χ1n) is 3.86. The second-order valence-corrected chi connectivity index (χ2v) is 3.85. The molecular formula is C6H20N2O5S3. The number of nitrogens with one attached hydrogen (secondary N) is 1. The Bertz CT molecular complexity index is 222. The fourth-order valence-electron chi connectivity index (χ4n) is 0.250. The van der Waals surface area contributed by atoms with Crippen LogP contribution in [0.15, 0.2) is 0 Å². The van der Waals surface area contributed by atoms with Crippen molar-refractivity contribution in [1.29, 1.82) is 0 Å². The lowest BCUT2D eigenvalue weighted by atomic mass is 10.7. The van der Waals surface area contributed by atoms with Crippen molar-refractivity contribution in [1.82, 2.24) is 11.5 Å². The predicted octanol–water partition coefficient (Wildman–Crippen LogP) is 0.973. The van der Waals surface area contributed by atoms with E-state index in [0.29, 0.717) is 0 Å². The molecule has 0 rings (SSSR count). The Morgan fingerprint density at radius 1 is 1.38 bits per heavy atom. The van der Waals surface area contributed by atoms with Gasteiger partial charge >= 0.3 is 10.4 Å². The molecule has 6 N–H and O–H groups in total. The normalized spacial score (nSPS) is 8.38. The van der Waals surface area contributed by atoms with Gasteiger partial charge in [0.25, 0.3) is 0 Å². The van der Waals surface area contributed by atoms with E-state index in [0.717, 1.165) is 13.1 Å². The number of thiocarbonyl (C=S) groups is 1. The lowest BCUT2D eigenvalue weighted by Gasteiger charge is -1.86. The topological polar surface area (TPSA) is 131 Å². The van der Waals surface area contributed by atoms with E-state index in [1.54, 1.807) is 0 Å². The number of hydrogen-bond donors (Lipinski definition) is 5. The third-order valence-electron chi connectivity index (χ3n) is 0.675. The average Bonchev–Trinajstić information content (AvgIpc) is 2.04. The predicted molar refractivity (Wildman–Crippen MR) is 72.0 cm³/mol. The van der Waals surface area contributed by atoms with Crippen LogP contribution in [-0.4, -0.2) is 42.1 Å². The summed E-state index contributed by atoms with van der Waals surface area (Å²) in [7, 11) is -3.19. The maximum absolute atomic E-state index is 8.74. The van der Waals surface area contributed by atoms with Crippen molar-refractivity contribution in [3.05, 3.63) is 0 Å². The van der Waals surface area contributed by atoms with Gasteiger partial charge in [0, 0.05) is 0 Å². The van der Waals surface area contributed by atoms with Crippen LogP contribution in [0.4, 0.5) is 0 Å². The van der Waals surface area contributed by atoms with Crippen molar-refractivity contribution >= 4 is 39.6 Å². The van der Waals surface area contributed by atoms with E-state index in [9.17, 15) is 0 Å². The molecule has 0 spiro atoms. The van der Waals surface area contributed by atoms with Crippen LogP contribution in [0.1, 0.15) is 13.8 Å². The summed E-state index contributed by atoms with van der Waals surface area (Å²) < 4.78 is 36.2. The highest BCUT2D eigenvalue weighted by Gasteiger charge is 1.84. The van der Waals surface area contributed by atoms with Crippen LogP contribution in [0, 0.1) is 0 Å². The second-order valence-electron chi connectivity index (χ2n) is 1.87. The van der Waals surface area contributed by atoms with Crippen LogP contribution in [-0.2, 0) is 15.1 Å². The van der Waals surface area contributed by atoms with Gasteiger partial charge in [-0.25, -0.2) is 0 Å². The molecule has 0 amide bonds. The first kappa shape index (κ1) is 25.0. The monoisotopic (exact) mass is 296 g/mol. The highest BCUT2D eigenvalue weighted by Crippen LogP contribution is 1.79. The first-order valence-corrected chi connectivity index (χ1v) is 6.11. The largest absolute Gasteiger partial charge is 0.482 e. The molecule has 0 unspecified atom stereocenters. The van der Waals surface area contributed by atoms with Crippen molar-refractivity contribution < 1.29 is 22.3 Å². The Hall–Kier alpha value is 0.0300. The molecule has 0 fully saturated rings. The zero-order chi connectivity index (χ0) is 12.9. The summed E-state index contributed by atoms with van der Waals surface area (Å²) in [5.74, 6) is 0. The summed E-state index contributed by atoms with van der Waals surface area (Å²) in [6.07, 6.45) is 0. The van der Waals surface area contributed by atoms with Crippen LogP contribution < -0.4 is 11.5 Å². The van der Waals surface area contributed by atoms with Gasteiger partial charge in [0.05, 0.1) is 7.11 Å². The second kappa shape index (κ2) is 17.4. The van der Waals surface area contributed by atoms with E-state index in [1.807, 2.05) is 0 Å². The highest BCUT2D eigenvalue weighted by molar-refractivity contribution is 8.10. The fourth-order valence-corrected chi connectivity index (χ4v) is 0.250. The maximum Gasteiger partial charge on any atom is 0.394 e. The summed E-state index contributed by atoms with van der Waals surface area (Å²) in [4.78, 5) is 0. The zero-order valence-corrected chi connectivity index (χ0v) is 12.0. The lowest BCUT2D eigenvalue weighted by Crippen LogP contribution is -2.09. The Labute approximate surface area is 108 Å². The van der Waals surface area contributed by atoms with Crippen molar-refractivity contribution in [3.63, 3.8) is 0 Å². The van der Waals surface area contributed by atoms with Crippen LogP contribution in [0.3, 0.4) is 0 Å². The van der Waals surface area contributed by atoms with Gasteiger partial charge in [-0.1, -0.05) is 26.5 Å². The smallest absolute Gasteiger partial charge is 0.394 e. The minimum absolute atomic E-state index is 0. The van der Waals surface area contributed by atoms with Crippen LogP contribution in [0.5, 0.6) is 0 Å². The van der Waals surface area contributed by atoms with E-state index in [-0.39, 0.29) is 10.5 Å². The minimum atomic E-state index is -4.67. The molecule has 0 aliphatic rings. The van der Waals surface area contributed by atoms with Gasteiger partial charge < -0.3 is 16.2 Å². The van der Waals surface area contributed by atoms with E-state index < -0.39 is 10.4 Å². The Morgan fingerprint density at radius 3 is 1.56 bits per heavy atom. The molecular weight excluding hydrogens is 276 g/mol. The molecule has 0 heterocycles. The number of methoxy groups -OCH3 is 1. The molecule has 102 valence electrons. The van der Waals surface area contributed by atoms with Gasteiger partial charge in [-0.05, 0) is 25.3 Å². The molecule has 0 aromatic heterocycles. The molecule has 0 bridgehead atoms. The molecule has 7 nitrogen and oxygen atoms in total. The Kier molecular flexibility index (Phi) is 27.3. The Morgan fingerprint density at radius 2 is 1.56 bits per heavy atom. The third kappa shape index (κ3) is 147. The standard InChI is InChI=1S/C4H11N.C2H4OS2.H3N.H2O4S/c1-3-5-4-2;1-3-2(4)5;;1-5(2,3)4/h5H,3-4H2,1-2H3;1H3,(H,4,5);1H3;(H2,1,2,3,4). The number of ether oxygens (including phenoxy) is 1.